The van der Waals surface area contributed by atoms with Crippen LogP contribution in [0.15, 0.2) is 89.4 Å². The Morgan fingerprint density at radius 3 is 2.58 bits per heavy atom. The van der Waals surface area contributed by atoms with Crippen LogP contribution in [0.1, 0.15) is 29.5 Å². The third kappa shape index (κ3) is 2.69. The van der Waals surface area contributed by atoms with E-state index in [-0.39, 0.29) is 0 Å². The fourth-order valence-corrected chi connectivity index (χ4v) is 4.85. The first kappa shape index (κ1) is 15.9. The van der Waals surface area contributed by atoms with Gasteiger partial charge in [-0.25, -0.2) is 0 Å². The number of hydrogen-bond acceptors (Lipinski definition) is 1. The van der Waals surface area contributed by atoms with Gasteiger partial charge in [-0.3, -0.25) is 0 Å². The highest BCUT2D eigenvalue weighted by atomic mass is 79.9. The third-order valence-electron chi connectivity index (χ3n) is 5.68. The molecular formula is C24H20BrN. The molecule has 2 aliphatic rings. The molecule has 128 valence electrons. The molecular weight excluding hydrogens is 382 g/mol. The summed E-state index contributed by atoms with van der Waals surface area (Å²) in [6.07, 6.45) is 5.89. The Bertz CT molecular complexity index is 977. The van der Waals surface area contributed by atoms with E-state index in [2.05, 4.69) is 106 Å². The van der Waals surface area contributed by atoms with E-state index in [1.807, 2.05) is 0 Å². The van der Waals surface area contributed by atoms with E-state index in [1.54, 1.807) is 0 Å². The molecule has 1 nitrogen and oxygen atoms in total. The minimum absolute atomic E-state index is 0.350. The molecule has 1 aliphatic carbocycles. The molecule has 0 saturated carbocycles. The Labute approximate surface area is 162 Å². The van der Waals surface area contributed by atoms with Gasteiger partial charge >= 0.3 is 0 Å². The predicted molar refractivity (Wildman–Crippen MR) is 112 cm³/mol. The monoisotopic (exact) mass is 401 g/mol. The first-order valence-corrected chi connectivity index (χ1v) is 9.97. The Morgan fingerprint density at radius 1 is 0.846 bits per heavy atom. The lowest BCUT2D eigenvalue weighted by molar-refractivity contribution is 0.425. The van der Waals surface area contributed by atoms with Gasteiger partial charge in [-0.05, 0) is 58.9 Å². The van der Waals surface area contributed by atoms with Crippen LogP contribution in [0, 0.1) is 5.92 Å². The number of rotatable bonds is 2. The van der Waals surface area contributed by atoms with Crippen molar-refractivity contribution in [3.05, 3.63) is 101 Å². The SMILES string of the molecule is Brc1cccc([C@@H]2Nc3ccc(-c4ccccc4)cc3[C@@H]3C=CC[C@H]32)c1. The van der Waals surface area contributed by atoms with Gasteiger partial charge in [0, 0.05) is 16.1 Å². The van der Waals surface area contributed by atoms with E-state index in [4.69, 9.17) is 0 Å². The zero-order valence-corrected chi connectivity index (χ0v) is 16.0. The normalized spacial score (nSPS) is 23.2. The van der Waals surface area contributed by atoms with Crippen molar-refractivity contribution in [2.24, 2.45) is 5.92 Å². The largest absolute Gasteiger partial charge is 0.378 e. The molecule has 0 radical (unpaired) electrons. The van der Waals surface area contributed by atoms with Crippen LogP contribution in [0.3, 0.4) is 0 Å². The highest BCUT2D eigenvalue weighted by Crippen LogP contribution is 2.50. The molecule has 0 spiro atoms. The smallest absolute Gasteiger partial charge is 0.0554 e. The fourth-order valence-electron chi connectivity index (χ4n) is 4.43. The number of benzene rings is 3. The van der Waals surface area contributed by atoms with Gasteiger partial charge in [0.15, 0.2) is 0 Å². The number of allylic oxidation sites excluding steroid dienone is 2. The first-order valence-electron chi connectivity index (χ1n) is 9.17. The van der Waals surface area contributed by atoms with Gasteiger partial charge in [0.1, 0.15) is 0 Å². The molecule has 26 heavy (non-hydrogen) atoms. The van der Waals surface area contributed by atoms with Crippen molar-refractivity contribution in [2.45, 2.75) is 18.4 Å². The molecule has 0 saturated heterocycles. The van der Waals surface area contributed by atoms with Crippen LogP contribution in [0.4, 0.5) is 5.69 Å². The predicted octanol–water partition coefficient (Wildman–Crippen LogP) is 6.94. The van der Waals surface area contributed by atoms with Crippen molar-refractivity contribution in [3.8, 4) is 11.1 Å². The van der Waals surface area contributed by atoms with E-state index in [0.29, 0.717) is 17.9 Å². The molecule has 1 N–H and O–H groups in total. The maximum Gasteiger partial charge on any atom is 0.0554 e. The van der Waals surface area contributed by atoms with E-state index < -0.39 is 0 Å². The summed E-state index contributed by atoms with van der Waals surface area (Å²) >= 11 is 3.63. The first-order chi connectivity index (χ1) is 12.8. The summed E-state index contributed by atoms with van der Waals surface area (Å²) in [5, 5.41) is 3.83. The van der Waals surface area contributed by atoms with Crippen LogP contribution < -0.4 is 5.32 Å². The number of fused-ring (bicyclic) bond motifs is 3. The van der Waals surface area contributed by atoms with Crippen LogP contribution >= 0.6 is 15.9 Å². The molecule has 3 atom stereocenters. The van der Waals surface area contributed by atoms with Gasteiger partial charge in [-0.1, -0.05) is 76.6 Å². The topological polar surface area (TPSA) is 12.0 Å². The minimum atomic E-state index is 0.350. The molecule has 3 aromatic rings. The summed E-state index contributed by atoms with van der Waals surface area (Å²) in [4.78, 5) is 0. The minimum Gasteiger partial charge on any atom is -0.378 e. The van der Waals surface area contributed by atoms with Crippen LogP contribution in [0.25, 0.3) is 11.1 Å². The maximum atomic E-state index is 3.83. The van der Waals surface area contributed by atoms with Gasteiger partial charge in [0.25, 0.3) is 0 Å². The molecule has 0 aromatic heterocycles. The van der Waals surface area contributed by atoms with Crippen LogP contribution in [0.2, 0.25) is 0 Å². The van der Waals surface area contributed by atoms with Gasteiger partial charge < -0.3 is 5.32 Å². The molecule has 2 heteroatoms. The van der Waals surface area contributed by atoms with E-state index in [9.17, 15) is 0 Å². The Morgan fingerprint density at radius 2 is 1.73 bits per heavy atom. The average Bonchev–Trinajstić information content (AvgIpc) is 3.18. The summed E-state index contributed by atoms with van der Waals surface area (Å²) in [5.74, 6) is 1.06. The average molecular weight is 402 g/mol. The maximum absolute atomic E-state index is 3.83. The standard InChI is InChI=1S/C24H20BrN/c25-19-9-4-8-18(14-19)24-21-11-5-10-20(21)22-15-17(12-13-23(22)26-24)16-6-2-1-3-7-16/h1-10,12-15,20-21,24,26H,11H2/t20-,21-,24+/m1/s1. The van der Waals surface area contributed by atoms with Gasteiger partial charge in [-0.2, -0.15) is 0 Å². The summed E-state index contributed by atoms with van der Waals surface area (Å²) < 4.78 is 1.14. The highest BCUT2D eigenvalue weighted by Gasteiger charge is 2.37. The van der Waals surface area contributed by atoms with E-state index in [1.165, 1.54) is 27.9 Å². The van der Waals surface area contributed by atoms with Crippen LogP contribution in [-0.4, -0.2) is 0 Å². The lowest BCUT2D eigenvalue weighted by atomic mass is 9.76. The van der Waals surface area contributed by atoms with Crippen molar-refractivity contribution >= 4 is 21.6 Å². The van der Waals surface area contributed by atoms with Crippen molar-refractivity contribution < 1.29 is 0 Å². The van der Waals surface area contributed by atoms with Gasteiger partial charge in [0.2, 0.25) is 0 Å². The van der Waals surface area contributed by atoms with Crippen molar-refractivity contribution in [3.63, 3.8) is 0 Å². The van der Waals surface area contributed by atoms with Gasteiger partial charge in [0.05, 0.1) is 6.04 Å². The molecule has 0 fully saturated rings. The second-order valence-electron chi connectivity index (χ2n) is 7.20. The van der Waals surface area contributed by atoms with Crippen molar-refractivity contribution in [1.82, 2.24) is 0 Å². The summed E-state index contributed by atoms with van der Waals surface area (Å²) in [6, 6.07) is 26.6. The number of halogens is 1. The van der Waals surface area contributed by atoms with Crippen LogP contribution in [-0.2, 0) is 0 Å². The lowest BCUT2D eigenvalue weighted by Crippen LogP contribution is -2.29. The molecule has 0 unspecified atom stereocenters. The zero-order chi connectivity index (χ0) is 17.5. The van der Waals surface area contributed by atoms with E-state index >= 15 is 0 Å². The molecule has 0 bridgehead atoms. The Kier molecular flexibility index (Phi) is 3.94. The Hall–Kier alpha value is -2.32. The molecule has 5 rings (SSSR count). The van der Waals surface area contributed by atoms with Crippen molar-refractivity contribution in [2.75, 3.05) is 5.32 Å². The Balaban J connectivity index is 1.57. The third-order valence-corrected chi connectivity index (χ3v) is 6.17. The number of hydrogen-bond donors (Lipinski definition) is 1. The fraction of sp³-hybridized carbons (Fsp3) is 0.167. The molecule has 3 aromatic carbocycles. The zero-order valence-electron chi connectivity index (χ0n) is 14.4. The quantitative estimate of drug-likeness (QED) is 0.458. The summed E-state index contributed by atoms with van der Waals surface area (Å²) in [5.41, 5.74) is 6.63. The summed E-state index contributed by atoms with van der Waals surface area (Å²) in [7, 11) is 0. The van der Waals surface area contributed by atoms with E-state index in [0.717, 1.165) is 10.9 Å². The second-order valence-corrected chi connectivity index (χ2v) is 8.11. The molecule has 1 heterocycles. The number of anilines is 1. The van der Waals surface area contributed by atoms with Gasteiger partial charge in [-0.15, -0.1) is 0 Å². The summed E-state index contributed by atoms with van der Waals surface area (Å²) in [6.45, 7) is 0. The number of nitrogens with one attached hydrogen (secondary N) is 1. The molecule has 0 amide bonds. The second kappa shape index (κ2) is 6.44. The highest BCUT2D eigenvalue weighted by molar-refractivity contribution is 9.10. The van der Waals surface area contributed by atoms with Crippen molar-refractivity contribution in [1.29, 1.82) is 0 Å². The lowest BCUT2D eigenvalue weighted by Gasteiger charge is -2.38. The van der Waals surface area contributed by atoms with Crippen LogP contribution in [0.5, 0.6) is 0 Å². The molecule has 1 aliphatic heterocycles.